The summed E-state index contributed by atoms with van der Waals surface area (Å²) in [5.74, 6) is 1.67. The van der Waals surface area contributed by atoms with Crippen molar-refractivity contribution in [3.63, 3.8) is 0 Å². The largest absolute Gasteiger partial charge is 0.367 e. The predicted octanol–water partition coefficient (Wildman–Crippen LogP) is 2.81. The van der Waals surface area contributed by atoms with Crippen LogP contribution in [0.5, 0.6) is 0 Å². The molecule has 1 aliphatic rings. The molecule has 0 radical (unpaired) electrons. The molecule has 0 bridgehead atoms. The molecular formula is C14H21N5. The van der Waals surface area contributed by atoms with E-state index >= 15 is 0 Å². The second kappa shape index (κ2) is 4.47. The third-order valence-corrected chi connectivity index (χ3v) is 3.94. The summed E-state index contributed by atoms with van der Waals surface area (Å²) in [6.45, 7) is 6.69. The first kappa shape index (κ1) is 12.4. The van der Waals surface area contributed by atoms with Crippen molar-refractivity contribution in [1.29, 1.82) is 0 Å². The van der Waals surface area contributed by atoms with Gasteiger partial charge in [-0.25, -0.2) is 4.98 Å². The maximum atomic E-state index is 4.37. The van der Waals surface area contributed by atoms with E-state index in [9.17, 15) is 0 Å². The lowest BCUT2D eigenvalue weighted by molar-refractivity contribution is 0.229. The van der Waals surface area contributed by atoms with Gasteiger partial charge in [-0.05, 0) is 31.6 Å². The van der Waals surface area contributed by atoms with Gasteiger partial charge in [0.25, 0.3) is 5.78 Å². The third kappa shape index (κ3) is 2.55. The van der Waals surface area contributed by atoms with Crippen LogP contribution in [0.4, 0.5) is 5.82 Å². The fraction of sp³-hybridized carbons (Fsp3) is 0.643. The van der Waals surface area contributed by atoms with E-state index in [-0.39, 0.29) is 0 Å². The summed E-state index contributed by atoms with van der Waals surface area (Å²) in [7, 11) is 0. The minimum Gasteiger partial charge on any atom is -0.367 e. The molecule has 0 amide bonds. The van der Waals surface area contributed by atoms with Crippen molar-refractivity contribution in [1.82, 2.24) is 19.6 Å². The Morgan fingerprint density at radius 2 is 2.26 bits per heavy atom. The van der Waals surface area contributed by atoms with E-state index in [4.69, 9.17) is 0 Å². The fourth-order valence-electron chi connectivity index (χ4n) is 3.06. The maximum absolute atomic E-state index is 4.37. The number of hydrogen-bond donors (Lipinski definition) is 1. The Hall–Kier alpha value is -1.65. The van der Waals surface area contributed by atoms with E-state index in [1.165, 1.54) is 25.7 Å². The summed E-state index contributed by atoms with van der Waals surface area (Å²) in [5.41, 5.74) is 1.40. The third-order valence-electron chi connectivity index (χ3n) is 3.94. The zero-order valence-corrected chi connectivity index (χ0v) is 11.8. The van der Waals surface area contributed by atoms with Gasteiger partial charge in [-0.15, -0.1) is 0 Å². The molecule has 3 rings (SSSR count). The quantitative estimate of drug-likeness (QED) is 0.901. The summed E-state index contributed by atoms with van der Waals surface area (Å²) in [6, 6.07) is 2.56. The Labute approximate surface area is 113 Å². The van der Waals surface area contributed by atoms with E-state index < -0.39 is 0 Å². The molecule has 5 heteroatoms. The zero-order chi connectivity index (χ0) is 13.5. The minimum atomic E-state index is 0.430. The smallest absolute Gasteiger partial charge is 0.254 e. The van der Waals surface area contributed by atoms with Crippen molar-refractivity contribution in [3.8, 4) is 0 Å². The first-order valence-electron chi connectivity index (χ1n) is 6.97. The van der Waals surface area contributed by atoms with Gasteiger partial charge < -0.3 is 5.32 Å². The van der Waals surface area contributed by atoms with E-state index in [1.807, 2.05) is 13.0 Å². The summed E-state index contributed by atoms with van der Waals surface area (Å²) in [4.78, 5) is 8.53. The Morgan fingerprint density at radius 3 is 3.05 bits per heavy atom. The first-order chi connectivity index (χ1) is 9.03. The second-order valence-electron chi connectivity index (χ2n) is 6.36. The summed E-state index contributed by atoms with van der Waals surface area (Å²) in [6.07, 6.45) is 6.58. The summed E-state index contributed by atoms with van der Waals surface area (Å²) >= 11 is 0. The zero-order valence-electron chi connectivity index (χ0n) is 11.8. The molecule has 1 aliphatic carbocycles. The van der Waals surface area contributed by atoms with Gasteiger partial charge >= 0.3 is 0 Å². The van der Waals surface area contributed by atoms with Gasteiger partial charge in [0.2, 0.25) is 0 Å². The van der Waals surface area contributed by atoms with Crippen LogP contribution in [0.3, 0.4) is 0 Å². The highest BCUT2D eigenvalue weighted by molar-refractivity contribution is 5.45. The molecule has 0 aromatic carbocycles. The van der Waals surface area contributed by atoms with E-state index in [1.54, 1.807) is 10.8 Å². The minimum absolute atomic E-state index is 0.430. The van der Waals surface area contributed by atoms with Crippen LogP contribution in [0.15, 0.2) is 12.4 Å². The van der Waals surface area contributed by atoms with Gasteiger partial charge in [0.05, 0.1) is 0 Å². The average molecular weight is 259 g/mol. The van der Waals surface area contributed by atoms with Gasteiger partial charge in [-0.1, -0.05) is 20.3 Å². The van der Waals surface area contributed by atoms with Crippen molar-refractivity contribution in [3.05, 3.63) is 18.1 Å². The van der Waals surface area contributed by atoms with Crippen molar-refractivity contribution < 1.29 is 0 Å². The molecule has 1 fully saturated rings. The lowest BCUT2D eigenvalue weighted by Crippen LogP contribution is -2.32. The molecule has 0 spiro atoms. The molecule has 102 valence electrons. The highest BCUT2D eigenvalue weighted by Crippen LogP contribution is 2.36. The van der Waals surface area contributed by atoms with Crippen molar-refractivity contribution in [2.24, 2.45) is 5.41 Å². The van der Waals surface area contributed by atoms with Gasteiger partial charge in [-0.3, -0.25) is 0 Å². The number of nitrogens with zero attached hydrogens (tertiary/aromatic N) is 4. The van der Waals surface area contributed by atoms with Crippen LogP contribution in [0.25, 0.3) is 5.78 Å². The number of nitrogens with one attached hydrogen (secondary N) is 1. The van der Waals surface area contributed by atoms with Crippen LogP contribution >= 0.6 is 0 Å². The Morgan fingerprint density at radius 1 is 1.42 bits per heavy atom. The van der Waals surface area contributed by atoms with E-state index in [0.717, 1.165) is 11.5 Å². The Bertz CT molecular complexity index is 587. The molecule has 5 nitrogen and oxygen atoms in total. The fourth-order valence-corrected chi connectivity index (χ4v) is 3.06. The maximum Gasteiger partial charge on any atom is 0.254 e. The molecular weight excluding hydrogens is 238 g/mol. The van der Waals surface area contributed by atoms with Crippen LogP contribution in [0, 0.1) is 12.3 Å². The molecule has 2 aromatic heterocycles. The molecule has 1 N–H and O–H groups in total. The molecule has 2 heterocycles. The highest BCUT2D eigenvalue weighted by Gasteiger charge is 2.28. The molecule has 19 heavy (non-hydrogen) atoms. The number of fused-ring (bicyclic) bond motifs is 1. The normalized spacial score (nSPS) is 22.6. The first-order valence-corrected chi connectivity index (χ1v) is 6.97. The topological polar surface area (TPSA) is 55.1 Å². The summed E-state index contributed by atoms with van der Waals surface area (Å²) in [5, 5.41) is 7.87. The van der Waals surface area contributed by atoms with Gasteiger partial charge in [0.15, 0.2) is 0 Å². The number of aryl methyl sites for hydroxylation is 1. The number of rotatable bonds is 2. The van der Waals surface area contributed by atoms with Crippen molar-refractivity contribution >= 4 is 11.6 Å². The SMILES string of the molecule is Cc1cc(NC2CCCC(C)(C)C2)n2ncnc2n1. The lowest BCUT2D eigenvalue weighted by Gasteiger charge is -2.36. The van der Waals surface area contributed by atoms with Gasteiger partial charge in [0, 0.05) is 17.8 Å². The van der Waals surface area contributed by atoms with E-state index in [0.29, 0.717) is 17.2 Å². The molecule has 2 aromatic rings. The van der Waals surface area contributed by atoms with Crippen LogP contribution in [0.2, 0.25) is 0 Å². The van der Waals surface area contributed by atoms with Gasteiger partial charge in [0.1, 0.15) is 12.1 Å². The number of hydrogen-bond acceptors (Lipinski definition) is 4. The molecule has 0 aliphatic heterocycles. The average Bonchev–Trinajstić information content (AvgIpc) is 2.75. The molecule has 1 saturated carbocycles. The molecule has 1 atom stereocenters. The van der Waals surface area contributed by atoms with E-state index in [2.05, 4.69) is 34.2 Å². The Balaban J connectivity index is 1.86. The summed E-state index contributed by atoms with van der Waals surface area (Å²) < 4.78 is 1.79. The van der Waals surface area contributed by atoms with Crippen LogP contribution in [-0.2, 0) is 0 Å². The van der Waals surface area contributed by atoms with Crippen molar-refractivity contribution in [2.45, 2.75) is 52.5 Å². The Kier molecular flexibility index (Phi) is 2.92. The molecule has 0 saturated heterocycles. The van der Waals surface area contributed by atoms with Crippen LogP contribution in [0.1, 0.15) is 45.2 Å². The predicted molar refractivity (Wildman–Crippen MR) is 75.2 cm³/mol. The molecule has 1 unspecified atom stereocenters. The number of anilines is 1. The number of aromatic nitrogens is 4. The van der Waals surface area contributed by atoms with Crippen LogP contribution < -0.4 is 5.32 Å². The second-order valence-corrected chi connectivity index (χ2v) is 6.36. The van der Waals surface area contributed by atoms with Crippen molar-refractivity contribution in [2.75, 3.05) is 5.32 Å². The van der Waals surface area contributed by atoms with Crippen LogP contribution in [-0.4, -0.2) is 25.6 Å². The standard InChI is InChI=1S/C14H21N5/c1-10-7-12(19-13(17-10)15-9-16-19)18-11-5-4-6-14(2,3)8-11/h7,9,11,18H,4-6,8H2,1-3H3. The monoisotopic (exact) mass is 259 g/mol. The lowest BCUT2D eigenvalue weighted by atomic mass is 9.75. The highest BCUT2D eigenvalue weighted by atomic mass is 15.4. The van der Waals surface area contributed by atoms with Gasteiger partial charge in [-0.2, -0.15) is 14.6 Å².